The zero-order valence-corrected chi connectivity index (χ0v) is 13.4. The zero-order valence-electron chi connectivity index (χ0n) is 13.4. The molecular formula is C17H27FN2O. The predicted octanol–water partition coefficient (Wildman–Crippen LogP) is 2.57. The number of aliphatic hydroxyl groups is 1. The quantitative estimate of drug-likeness (QED) is 0.876. The van der Waals surface area contributed by atoms with Crippen LogP contribution in [0.15, 0.2) is 24.3 Å². The monoisotopic (exact) mass is 294 g/mol. The Kier molecular flexibility index (Phi) is 5.36. The Hall–Kier alpha value is -0.970. The first-order valence-electron chi connectivity index (χ1n) is 7.82. The number of nitrogens with one attached hydrogen (secondary N) is 1. The van der Waals surface area contributed by atoms with E-state index in [0.717, 1.165) is 18.7 Å². The zero-order chi connectivity index (χ0) is 15.6. The van der Waals surface area contributed by atoms with E-state index in [1.54, 1.807) is 12.1 Å². The summed E-state index contributed by atoms with van der Waals surface area (Å²) in [6, 6.07) is 6.96. The van der Waals surface area contributed by atoms with Crippen LogP contribution in [0.5, 0.6) is 0 Å². The van der Waals surface area contributed by atoms with Gasteiger partial charge in [0, 0.05) is 31.2 Å². The molecule has 1 aromatic rings. The number of hydrogen-bond acceptors (Lipinski definition) is 3. The number of benzene rings is 1. The molecule has 1 fully saturated rings. The van der Waals surface area contributed by atoms with Crippen LogP contribution in [-0.2, 0) is 0 Å². The van der Waals surface area contributed by atoms with Crippen LogP contribution in [0.25, 0.3) is 0 Å². The maximum atomic E-state index is 12.9. The third-order valence-corrected chi connectivity index (χ3v) is 4.53. The maximum Gasteiger partial charge on any atom is 0.123 e. The fourth-order valence-corrected chi connectivity index (χ4v) is 3.02. The molecular weight excluding hydrogens is 267 g/mol. The van der Waals surface area contributed by atoms with E-state index in [2.05, 4.69) is 31.0 Å². The molecule has 4 atom stereocenters. The van der Waals surface area contributed by atoms with Crippen molar-refractivity contribution in [3.8, 4) is 0 Å². The van der Waals surface area contributed by atoms with Gasteiger partial charge in [0.15, 0.2) is 0 Å². The van der Waals surface area contributed by atoms with Gasteiger partial charge in [-0.2, -0.15) is 0 Å². The van der Waals surface area contributed by atoms with Gasteiger partial charge in [-0.1, -0.05) is 19.1 Å². The van der Waals surface area contributed by atoms with Crippen LogP contribution < -0.4 is 5.32 Å². The molecule has 2 rings (SSSR count). The third kappa shape index (κ3) is 4.02. The first-order chi connectivity index (χ1) is 9.88. The van der Waals surface area contributed by atoms with Crippen molar-refractivity contribution in [2.24, 2.45) is 5.92 Å². The van der Waals surface area contributed by atoms with Gasteiger partial charge in [0.2, 0.25) is 0 Å². The molecule has 0 unspecified atom stereocenters. The number of halogens is 1. The molecule has 0 aromatic heterocycles. The SMILES string of the molecule is CC(C)N1C[C@@H](C)[C@@H](N[C@H](C)[C@@H](O)c2ccc(F)cc2)C1. The van der Waals surface area contributed by atoms with E-state index in [-0.39, 0.29) is 11.9 Å². The summed E-state index contributed by atoms with van der Waals surface area (Å²) in [5, 5.41) is 13.9. The van der Waals surface area contributed by atoms with E-state index in [0.29, 0.717) is 18.0 Å². The Labute approximate surface area is 127 Å². The minimum absolute atomic E-state index is 0.0602. The summed E-state index contributed by atoms with van der Waals surface area (Å²) in [4.78, 5) is 2.46. The lowest BCUT2D eigenvalue weighted by atomic mass is 10.0. The molecule has 1 aromatic carbocycles. The van der Waals surface area contributed by atoms with Crippen molar-refractivity contribution in [3.63, 3.8) is 0 Å². The van der Waals surface area contributed by atoms with E-state index in [4.69, 9.17) is 0 Å². The molecule has 0 spiro atoms. The summed E-state index contributed by atoms with van der Waals surface area (Å²) in [6.45, 7) is 10.8. The highest BCUT2D eigenvalue weighted by Crippen LogP contribution is 2.22. The Morgan fingerprint density at radius 3 is 2.33 bits per heavy atom. The minimum atomic E-state index is -0.620. The summed E-state index contributed by atoms with van der Waals surface area (Å²) in [5.41, 5.74) is 0.753. The molecule has 3 nitrogen and oxygen atoms in total. The van der Waals surface area contributed by atoms with E-state index in [9.17, 15) is 9.50 Å². The third-order valence-electron chi connectivity index (χ3n) is 4.53. The van der Waals surface area contributed by atoms with Gasteiger partial charge in [-0.05, 0) is 44.4 Å². The first-order valence-corrected chi connectivity index (χ1v) is 7.82. The molecule has 0 bridgehead atoms. The Morgan fingerprint density at radius 2 is 1.81 bits per heavy atom. The first kappa shape index (κ1) is 16.4. The van der Waals surface area contributed by atoms with E-state index < -0.39 is 6.10 Å². The highest BCUT2D eigenvalue weighted by Gasteiger charge is 2.32. The lowest BCUT2D eigenvalue weighted by Crippen LogP contribution is -2.44. The molecule has 21 heavy (non-hydrogen) atoms. The number of hydrogen-bond donors (Lipinski definition) is 2. The topological polar surface area (TPSA) is 35.5 Å². The molecule has 0 aliphatic carbocycles. The van der Waals surface area contributed by atoms with Gasteiger partial charge in [-0.25, -0.2) is 4.39 Å². The van der Waals surface area contributed by atoms with Crippen LogP contribution in [0.3, 0.4) is 0 Å². The van der Waals surface area contributed by atoms with Crippen LogP contribution in [0.1, 0.15) is 39.4 Å². The number of nitrogens with zero attached hydrogens (tertiary/aromatic N) is 1. The normalized spacial score (nSPS) is 26.2. The lowest BCUT2D eigenvalue weighted by molar-refractivity contribution is 0.126. The molecule has 1 saturated heterocycles. The number of aliphatic hydroxyl groups excluding tert-OH is 1. The second-order valence-electron chi connectivity index (χ2n) is 6.58. The second-order valence-corrected chi connectivity index (χ2v) is 6.58. The predicted molar refractivity (Wildman–Crippen MR) is 83.6 cm³/mol. The van der Waals surface area contributed by atoms with E-state index >= 15 is 0 Å². The maximum absolute atomic E-state index is 12.9. The average molecular weight is 294 g/mol. The summed E-state index contributed by atoms with van der Waals surface area (Å²) in [5.74, 6) is 0.291. The van der Waals surface area contributed by atoms with Gasteiger partial charge in [0.25, 0.3) is 0 Å². The number of likely N-dealkylation sites (tertiary alicyclic amines) is 1. The molecule has 0 radical (unpaired) electrons. The highest BCUT2D eigenvalue weighted by molar-refractivity contribution is 5.19. The Morgan fingerprint density at radius 1 is 1.19 bits per heavy atom. The Balaban J connectivity index is 1.94. The molecule has 118 valence electrons. The minimum Gasteiger partial charge on any atom is -0.387 e. The molecule has 1 aliphatic heterocycles. The van der Waals surface area contributed by atoms with Crippen molar-refractivity contribution in [2.45, 2.75) is 51.9 Å². The lowest BCUT2D eigenvalue weighted by Gasteiger charge is -2.27. The van der Waals surface area contributed by atoms with Crippen molar-refractivity contribution in [2.75, 3.05) is 13.1 Å². The summed E-state index contributed by atoms with van der Waals surface area (Å²) in [6.07, 6.45) is -0.620. The summed E-state index contributed by atoms with van der Waals surface area (Å²) < 4.78 is 12.9. The van der Waals surface area contributed by atoms with Crippen LogP contribution in [-0.4, -0.2) is 41.2 Å². The van der Waals surface area contributed by atoms with Gasteiger partial charge >= 0.3 is 0 Å². The summed E-state index contributed by atoms with van der Waals surface area (Å²) in [7, 11) is 0. The van der Waals surface area contributed by atoms with Crippen molar-refractivity contribution in [3.05, 3.63) is 35.6 Å². The highest BCUT2D eigenvalue weighted by atomic mass is 19.1. The van der Waals surface area contributed by atoms with E-state index in [1.807, 2.05) is 6.92 Å². The Bertz CT molecular complexity index is 449. The van der Waals surface area contributed by atoms with Gasteiger partial charge in [-0.3, -0.25) is 4.90 Å². The smallest absolute Gasteiger partial charge is 0.123 e. The van der Waals surface area contributed by atoms with Gasteiger partial charge in [-0.15, -0.1) is 0 Å². The molecule has 4 heteroatoms. The van der Waals surface area contributed by atoms with Crippen molar-refractivity contribution in [1.82, 2.24) is 10.2 Å². The fraction of sp³-hybridized carbons (Fsp3) is 0.647. The van der Waals surface area contributed by atoms with Crippen molar-refractivity contribution in [1.29, 1.82) is 0 Å². The van der Waals surface area contributed by atoms with Crippen molar-refractivity contribution >= 4 is 0 Å². The van der Waals surface area contributed by atoms with Gasteiger partial charge < -0.3 is 10.4 Å². The van der Waals surface area contributed by atoms with E-state index in [1.165, 1.54) is 12.1 Å². The van der Waals surface area contributed by atoms with Gasteiger partial charge in [0.05, 0.1) is 6.10 Å². The van der Waals surface area contributed by atoms with Gasteiger partial charge in [0.1, 0.15) is 5.82 Å². The van der Waals surface area contributed by atoms with Crippen LogP contribution in [0, 0.1) is 11.7 Å². The molecule has 2 N–H and O–H groups in total. The molecule has 1 heterocycles. The molecule has 0 amide bonds. The second kappa shape index (κ2) is 6.86. The van der Waals surface area contributed by atoms with Crippen molar-refractivity contribution < 1.29 is 9.50 Å². The largest absolute Gasteiger partial charge is 0.387 e. The standard InChI is InChI=1S/C17H27FN2O/c1-11(2)20-9-12(3)16(10-20)19-13(4)17(21)14-5-7-15(18)8-6-14/h5-8,11-13,16-17,19,21H,9-10H2,1-4H3/t12-,13-,16+,17-/m1/s1. The average Bonchev–Trinajstić information content (AvgIpc) is 2.80. The molecule has 0 saturated carbocycles. The fourth-order valence-electron chi connectivity index (χ4n) is 3.02. The number of rotatable bonds is 5. The van der Waals surface area contributed by atoms with Crippen LogP contribution in [0.4, 0.5) is 4.39 Å². The van der Waals surface area contributed by atoms with Crippen LogP contribution in [0.2, 0.25) is 0 Å². The molecule has 1 aliphatic rings. The summed E-state index contributed by atoms with van der Waals surface area (Å²) >= 11 is 0. The van der Waals surface area contributed by atoms with Crippen LogP contribution >= 0.6 is 0 Å².